The van der Waals surface area contributed by atoms with E-state index < -0.39 is 0 Å². The zero-order valence-electron chi connectivity index (χ0n) is 11.5. The van der Waals surface area contributed by atoms with Crippen LogP contribution in [0.3, 0.4) is 0 Å². The summed E-state index contributed by atoms with van der Waals surface area (Å²) in [5.41, 5.74) is 5.42. The van der Waals surface area contributed by atoms with Gasteiger partial charge in [-0.2, -0.15) is 12.2 Å². The molecule has 0 heterocycles. The molecule has 0 N–H and O–H groups in total. The van der Waals surface area contributed by atoms with E-state index >= 15 is 0 Å². The molecule has 0 unspecified atom stereocenters. The zero-order chi connectivity index (χ0) is 10.6. The van der Waals surface area contributed by atoms with Gasteiger partial charge < -0.3 is 1.43 Å². The number of halogens is 1. The van der Waals surface area contributed by atoms with Crippen molar-refractivity contribution in [3.8, 4) is 0 Å². The Bertz CT molecular complexity index is 272. The van der Waals surface area contributed by atoms with Gasteiger partial charge in [0.15, 0.2) is 0 Å². The van der Waals surface area contributed by atoms with Crippen LogP contribution < -0.4 is 0 Å². The fourth-order valence-electron chi connectivity index (χ4n) is 1.30. The van der Waals surface area contributed by atoms with Crippen LogP contribution in [0.1, 0.15) is 42.0 Å². The molecule has 0 bridgehead atoms. The predicted octanol–water partition coefficient (Wildman–Crippen LogP) is 4.70. The fourth-order valence-corrected chi connectivity index (χ4v) is 1.30. The van der Waals surface area contributed by atoms with Gasteiger partial charge in [0, 0.05) is 0 Å². The molecule has 2 heteroatoms. The fraction of sp³-hybridized carbons (Fsp3) is 0.429. The molecule has 0 atom stereocenters. The van der Waals surface area contributed by atoms with Crippen molar-refractivity contribution in [1.29, 1.82) is 0 Å². The monoisotopic (exact) mass is 313 g/mol. The Morgan fingerprint density at radius 1 is 0.875 bits per heavy atom. The summed E-state index contributed by atoms with van der Waals surface area (Å²) in [6.45, 7) is 8.43. The first-order chi connectivity index (χ1) is 6.61. The van der Waals surface area contributed by atoms with Gasteiger partial charge in [0.2, 0.25) is 0 Å². The molecule has 0 aromatic carbocycles. The molecular weight excluding hydrogens is 295 g/mol. The normalized spacial score (nSPS) is 16.8. The molecule has 0 spiro atoms. The maximum atomic E-state index is 3.19. The van der Waals surface area contributed by atoms with Gasteiger partial charge >= 0.3 is 26.2 Å². The Hall–Kier alpha value is 0.133. The second kappa shape index (κ2) is 9.19. The summed E-state index contributed by atoms with van der Waals surface area (Å²) in [7, 11) is 0. The van der Waals surface area contributed by atoms with E-state index in [-0.39, 0.29) is 40.0 Å². The van der Waals surface area contributed by atoms with Crippen LogP contribution in [0.4, 0.5) is 0 Å². The molecular formula is C14H20ClZr-. The molecule has 0 radical (unpaired) electrons. The second-order valence-corrected chi connectivity index (χ2v) is 3.79. The minimum absolute atomic E-state index is 0. The first-order valence-corrected chi connectivity index (χ1v) is 5.10. The summed E-state index contributed by atoms with van der Waals surface area (Å²) in [4.78, 5) is 0. The van der Waals surface area contributed by atoms with Gasteiger partial charge in [-0.1, -0.05) is 13.8 Å². The molecule has 0 saturated carbocycles. The van der Waals surface area contributed by atoms with Crippen LogP contribution in [-0.2, 0) is 26.2 Å². The van der Waals surface area contributed by atoms with Crippen LogP contribution in [0.25, 0.3) is 0 Å². The van der Waals surface area contributed by atoms with Gasteiger partial charge in [0.1, 0.15) is 0 Å². The molecule has 0 aromatic rings. The quantitative estimate of drug-likeness (QED) is 0.568. The van der Waals surface area contributed by atoms with Crippen molar-refractivity contribution in [3.05, 3.63) is 46.6 Å². The van der Waals surface area contributed by atoms with Crippen LogP contribution in [0, 0.1) is 12.2 Å². The minimum atomic E-state index is 0. The van der Waals surface area contributed by atoms with Crippen molar-refractivity contribution >= 4 is 12.4 Å². The SMILES string of the molecule is CC1=[C-]CC=C1C.CC1=[C-]CC=C1C.Cl.[H-].[Zr+2]. The maximum Gasteiger partial charge on any atom is 2.00 e. The van der Waals surface area contributed by atoms with Crippen LogP contribution in [0.5, 0.6) is 0 Å². The number of rotatable bonds is 0. The van der Waals surface area contributed by atoms with Gasteiger partial charge in [-0.25, -0.2) is 22.3 Å². The Morgan fingerprint density at radius 2 is 1.19 bits per heavy atom. The van der Waals surface area contributed by atoms with E-state index in [0.29, 0.717) is 0 Å². The molecule has 2 aliphatic carbocycles. The van der Waals surface area contributed by atoms with Gasteiger partial charge in [-0.3, -0.25) is 12.2 Å². The van der Waals surface area contributed by atoms with Crippen molar-refractivity contribution in [2.45, 2.75) is 40.5 Å². The van der Waals surface area contributed by atoms with Crippen molar-refractivity contribution in [1.82, 2.24) is 0 Å². The maximum absolute atomic E-state index is 3.19. The first kappa shape index (κ1) is 18.5. The minimum Gasteiger partial charge on any atom is -1.00 e. The van der Waals surface area contributed by atoms with Crippen molar-refractivity contribution in [2.24, 2.45) is 0 Å². The van der Waals surface area contributed by atoms with Crippen molar-refractivity contribution in [3.63, 3.8) is 0 Å². The van der Waals surface area contributed by atoms with Gasteiger partial charge in [-0.15, -0.1) is 39.1 Å². The topological polar surface area (TPSA) is 0 Å². The van der Waals surface area contributed by atoms with E-state index in [2.05, 4.69) is 52.0 Å². The average Bonchev–Trinajstić information content (AvgIpc) is 2.67. The smallest absolute Gasteiger partial charge is 1.00 e. The van der Waals surface area contributed by atoms with Crippen LogP contribution in [-0.4, -0.2) is 0 Å². The molecule has 2 aliphatic rings. The molecule has 16 heavy (non-hydrogen) atoms. The molecule has 88 valence electrons. The molecule has 0 aliphatic heterocycles. The van der Waals surface area contributed by atoms with Crippen molar-refractivity contribution < 1.29 is 27.6 Å². The summed E-state index contributed by atoms with van der Waals surface area (Å²) in [5, 5.41) is 0. The van der Waals surface area contributed by atoms with Gasteiger partial charge in [0.25, 0.3) is 0 Å². The van der Waals surface area contributed by atoms with E-state index in [1.54, 1.807) is 0 Å². The molecule has 0 amide bonds. The van der Waals surface area contributed by atoms with E-state index in [0.717, 1.165) is 12.8 Å². The summed E-state index contributed by atoms with van der Waals surface area (Å²) in [6.07, 6.45) is 12.8. The molecule has 2 rings (SSSR count). The zero-order valence-corrected chi connectivity index (χ0v) is 13.8. The Labute approximate surface area is 127 Å². The van der Waals surface area contributed by atoms with Crippen LogP contribution in [0.2, 0.25) is 0 Å². The summed E-state index contributed by atoms with van der Waals surface area (Å²) >= 11 is 0. The average molecular weight is 315 g/mol. The number of allylic oxidation sites excluding steroid dienone is 8. The van der Waals surface area contributed by atoms with E-state index in [4.69, 9.17) is 0 Å². The third kappa shape index (κ3) is 6.01. The summed E-state index contributed by atoms with van der Waals surface area (Å²) in [5.74, 6) is 0. The molecule has 0 nitrogen and oxygen atoms in total. The Balaban J connectivity index is -0.000000196. The van der Waals surface area contributed by atoms with E-state index in [9.17, 15) is 0 Å². The third-order valence-corrected chi connectivity index (χ3v) is 2.73. The molecule has 0 fully saturated rings. The second-order valence-electron chi connectivity index (χ2n) is 3.79. The van der Waals surface area contributed by atoms with Crippen LogP contribution >= 0.6 is 12.4 Å². The van der Waals surface area contributed by atoms with E-state index in [1.165, 1.54) is 22.3 Å². The molecule has 0 saturated heterocycles. The predicted molar refractivity (Wildman–Crippen MR) is 70.0 cm³/mol. The van der Waals surface area contributed by atoms with E-state index in [1.807, 2.05) is 0 Å². The van der Waals surface area contributed by atoms with Gasteiger partial charge in [0.05, 0.1) is 0 Å². The largest absolute Gasteiger partial charge is 2.00 e. The first-order valence-electron chi connectivity index (χ1n) is 5.10. The Kier molecular flexibility index (Phi) is 10.6. The summed E-state index contributed by atoms with van der Waals surface area (Å²) in [6, 6.07) is 0. The van der Waals surface area contributed by atoms with Crippen LogP contribution in [0.15, 0.2) is 34.4 Å². The standard InChI is InChI=1S/2C7H9.ClH.Zr.H/c2*1-6-4-3-5-7(6)2;;;/h2*4H,3H2,1-2H3;1H;;/q2*-1;;+2;-1. The van der Waals surface area contributed by atoms with Gasteiger partial charge in [-0.05, 0) is 0 Å². The number of hydrogen-bond acceptors (Lipinski definition) is 0. The summed E-state index contributed by atoms with van der Waals surface area (Å²) < 4.78 is 0. The number of hydrogen-bond donors (Lipinski definition) is 0. The van der Waals surface area contributed by atoms with Crippen molar-refractivity contribution in [2.75, 3.05) is 0 Å². The molecule has 0 aromatic heterocycles. The third-order valence-electron chi connectivity index (χ3n) is 2.73. The Morgan fingerprint density at radius 3 is 1.25 bits per heavy atom.